The maximum atomic E-state index is 11.3. The molecule has 1 aliphatic carbocycles. The fourth-order valence-corrected chi connectivity index (χ4v) is 3.73. The van der Waals surface area contributed by atoms with Crippen LogP contribution < -0.4 is 16.4 Å². The lowest BCUT2D eigenvalue weighted by atomic mass is 9.95. The molecule has 1 heterocycles. The van der Waals surface area contributed by atoms with E-state index in [-0.39, 0.29) is 0 Å². The molecule has 6 nitrogen and oxygen atoms in total. The van der Waals surface area contributed by atoms with Crippen molar-refractivity contribution in [2.45, 2.75) is 49.1 Å². The lowest BCUT2D eigenvalue weighted by Crippen LogP contribution is -2.41. The van der Waals surface area contributed by atoms with Crippen molar-refractivity contribution in [3.63, 3.8) is 0 Å². The summed E-state index contributed by atoms with van der Waals surface area (Å²) in [5.41, 5.74) is -1.38. The van der Waals surface area contributed by atoms with E-state index in [4.69, 9.17) is 0 Å². The van der Waals surface area contributed by atoms with E-state index in [2.05, 4.69) is 22.3 Å². The molecule has 106 valence electrons. The van der Waals surface area contributed by atoms with Crippen LogP contribution in [0.5, 0.6) is 0 Å². The zero-order valence-corrected chi connectivity index (χ0v) is 12.1. The average Bonchev–Trinajstić information content (AvgIpc) is 2.38. The summed E-state index contributed by atoms with van der Waals surface area (Å²) in [6.07, 6.45) is 4.71. The molecule has 0 aromatic carbocycles. The minimum absolute atomic E-state index is 0.401. The van der Waals surface area contributed by atoms with Crippen molar-refractivity contribution in [1.82, 2.24) is 20.1 Å². The van der Waals surface area contributed by atoms with Crippen LogP contribution in [0.15, 0.2) is 14.7 Å². The number of rotatable bonds is 4. The third-order valence-corrected chi connectivity index (χ3v) is 4.82. The Labute approximate surface area is 116 Å². The fourth-order valence-electron chi connectivity index (χ4n) is 2.44. The van der Waals surface area contributed by atoms with Crippen molar-refractivity contribution in [3.8, 4) is 0 Å². The first-order valence-electron chi connectivity index (χ1n) is 6.69. The third kappa shape index (κ3) is 3.48. The van der Waals surface area contributed by atoms with Crippen molar-refractivity contribution in [3.05, 3.63) is 20.7 Å². The van der Waals surface area contributed by atoms with Crippen LogP contribution in [0.1, 0.15) is 32.6 Å². The number of hydrogen-bond acceptors (Lipinski definition) is 5. The van der Waals surface area contributed by atoms with E-state index in [1.165, 1.54) is 17.5 Å². The van der Waals surface area contributed by atoms with Crippen LogP contribution in [0.3, 0.4) is 0 Å². The molecule has 0 bridgehead atoms. The van der Waals surface area contributed by atoms with E-state index in [1.807, 2.05) is 0 Å². The van der Waals surface area contributed by atoms with Gasteiger partial charge < -0.3 is 5.32 Å². The molecular formula is C12H20N4O2S. The Morgan fingerprint density at radius 2 is 2.16 bits per heavy atom. The standard InChI is InChI=1S/C12H20N4O2S/c1-3-13-8-6-4-5-7-9(8)19-12-14-10(17)11(18)15-16(12)2/h8-9,13H,3-7H2,1-2H3,(H,15,18). The van der Waals surface area contributed by atoms with Gasteiger partial charge in [-0.1, -0.05) is 31.5 Å². The number of hydrogen-bond donors (Lipinski definition) is 2. The van der Waals surface area contributed by atoms with Gasteiger partial charge in [-0.25, -0.2) is 0 Å². The molecule has 1 aliphatic rings. The van der Waals surface area contributed by atoms with Gasteiger partial charge in [0.05, 0.1) is 0 Å². The molecule has 0 spiro atoms. The number of nitrogens with one attached hydrogen (secondary N) is 2. The van der Waals surface area contributed by atoms with E-state index in [1.54, 1.807) is 18.8 Å². The van der Waals surface area contributed by atoms with Crippen molar-refractivity contribution in [1.29, 1.82) is 0 Å². The predicted molar refractivity (Wildman–Crippen MR) is 75.7 cm³/mol. The number of aromatic amines is 1. The summed E-state index contributed by atoms with van der Waals surface area (Å²) in [7, 11) is 1.71. The van der Waals surface area contributed by atoms with Crippen molar-refractivity contribution < 1.29 is 0 Å². The highest BCUT2D eigenvalue weighted by Crippen LogP contribution is 2.32. The first-order chi connectivity index (χ1) is 9.11. The molecule has 1 aromatic heterocycles. The summed E-state index contributed by atoms with van der Waals surface area (Å²) in [4.78, 5) is 26.4. The van der Waals surface area contributed by atoms with Crippen LogP contribution in [0.4, 0.5) is 0 Å². The smallest absolute Gasteiger partial charge is 0.313 e. The number of nitrogens with zero attached hydrogens (tertiary/aromatic N) is 2. The Bertz CT molecular complexity index is 537. The molecule has 0 saturated heterocycles. The van der Waals surface area contributed by atoms with Crippen molar-refractivity contribution >= 4 is 11.8 Å². The van der Waals surface area contributed by atoms with Gasteiger partial charge >= 0.3 is 11.1 Å². The van der Waals surface area contributed by atoms with E-state index < -0.39 is 11.1 Å². The lowest BCUT2D eigenvalue weighted by Gasteiger charge is -2.31. The molecule has 2 atom stereocenters. The highest BCUT2D eigenvalue weighted by molar-refractivity contribution is 7.99. The second kappa shape index (κ2) is 6.38. The van der Waals surface area contributed by atoms with Crippen LogP contribution in [-0.2, 0) is 7.05 Å². The van der Waals surface area contributed by atoms with Gasteiger partial charge in [-0.3, -0.25) is 19.4 Å². The van der Waals surface area contributed by atoms with Crippen LogP contribution in [0.25, 0.3) is 0 Å². The summed E-state index contributed by atoms with van der Waals surface area (Å²) >= 11 is 1.58. The molecule has 0 amide bonds. The second-order valence-corrected chi connectivity index (χ2v) is 6.01. The van der Waals surface area contributed by atoms with Crippen LogP contribution >= 0.6 is 11.8 Å². The topological polar surface area (TPSA) is 79.8 Å². The van der Waals surface area contributed by atoms with Gasteiger partial charge in [-0.05, 0) is 19.4 Å². The van der Waals surface area contributed by atoms with Gasteiger partial charge in [-0.2, -0.15) is 4.98 Å². The van der Waals surface area contributed by atoms with Gasteiger partial charge in [0.2, 0.25) is 0 Å². The Kier molecular flexibility index (Phi) is 4.81. The van der Waals surface area contributed by atoms with Crippen LogP contribution in [-0.4, -0.2) is 32.6 Å². The molecule has 0 radical (unpaired) electrons. The number of H-pyrrole nitrogens is 1. The molecule has 1 fully saturated rings. The minimum atomic E-state index is -0.712. The average molecular weight is 284 g/mol. The second-order valence-electron chi connectivity index (χ2n) is 4.80. The van der Waals surface area contributed by atoms with Gasteiger partial charge in [0, 0.05) is 18.3 Å². The highest BCUT2D eigenvalue weighted by atomic mass is 32.2. The Morgan fingerprint density at radius 1 is 1.42 bits per heavy atom. The summed E-state index contributed by atoms with van der Waals surface area (Å²) in [5, 5.41) is 6.96. The Hall–Kier alpha value is -1.08. The zero-order chi connectivity index (χ0) is 13.8. The Morgan fingerprint density at radius 3 is 2.89 bits per heavy atom. The first kappa shape index (κ1) is 14.3. The zero-order valence-electron chi connectivity index (χ0n) is 11.3. The van der Waals surface area contributed by atoms with E-state index in [0.29, 0.717) is 16.4 Å². The van der Waals surface area contributed by atoms with Gasteiger partial charge in [0.15, 0.2) is 5.16 Å². The van der Waals surface area contributed by atoms with Gasteiger partial charge in [0.1, 0.15) is 0 Å². The van der Waals surface area contributed by atoms with Gasteiger partial charge in [0.25, 0.3) is 0 Å². The molecule has 2 rings (SSSR count). The Balaban J connectivity index is 2.17. The quantitative estimate of drug-likeness (QED) is 0.786. The molecule has 19 heavy (non-hydrogen) atoms. The highest BCUT2D eigenvalue weighted by Gasteiger charge is 2.26. The number of aryl methyl sites for hydroxylation is 1. The van der Waals surface area contributed by atoms with Crippen LogP contribution in [0, 0.1) is 0 Å². The molecule has 2 N–H and O–H groups in total. The summed E-state index contributed by atoms with van der Waals surface area (Å²) in [5.74, 6) is 0. The van der Waals surface area contributed by atoms with E-state index in [9.17, 15) is 9.59 Å². The summed E-state index contributed by atoms with van der Waals surface area (Å²) in [6.45, 7) is 3.05. The van der Waals surface area contributed by atoms with Crippen molar-refractivity contribution in [2.24, 2.45) is 7.05 Å². The normalized spacial score (nSPS) is 23.5. The maximum Gasteiger partial charge on any atom is 0.339 e. The van der Waals surface area contributed by atoms with E-state index in [0.717, 1.165) is 19.4 Å². The van der Waals surface area contributed by atoms with Gasteiger partial charge in [-0.15, -0.1) is 0 Å². The molecule has 1 saturated carbocycles. The first-order valence-corrected chi connectivity index (χ1v) is 7.57. The molecule has 2 unspecified atom stereocenters. The predicted octanol–water partition coefficient (Wildman–Crippen LogP) is 0.481. The van der Waals surface area contributed by atoms with Crippen molar-refractivity contribution in [2.75, 3.05) is 6.54 Å². The minimum Gasteiger partial charge on any atom is -0.313 e. The van der Waals surface area contributed by atoms with Crippen LogP contribution in [0.2, 0.25) is 0 Å². The lowest BCUT2D eigenvalue weighted by molar-refractivity contribution is 0.389. The summed E-state index contributed by atoms with van der Waals surface area (Å²) < 4.78 is 1.53. The molecular weight excluding hydrogens is 264 g/mol. The SMILES string of the molecule is CCNC1CCCCC1Sc1nc(=O)c(=O)[nH]n1C. The fraction of sp³-hybridized carbons (Fsp3) is 0.750. The van der Waals surface area contributed by atoms with E-state index >= 15 is 0 Å². The molecule has 0 aliphatic heterocycles. The molecule has 1 aromatic rings. The third-order valence-electron chi connectivity index (χ3n) is 3.37. The number of thioether (sulfide) groups is 1. The summed E-state index contributed by atoms with van der Waals surface area (Å²) in [6, 6.07) is 0.451. The largest absolute Gasteiger partial charge is 0.339 e. The maximum absolute atomic E-state index is 11.3. The monoisotopic (exact) mass is 284 g/mol. The molecule has 7 heteroatoms. The number of aromatic nitrogens is 3.